The zero-order chi connectivity index (χ0) is 14.5. The summed E-state index contributed by atoms with van der Waals surface area (Å²) in [5, 5.41) is 8.89. The molecule has 0 fully saturated rings. The minimum atomic E-state index is -0.307. The molecule has 1 amide bonds. The first-order valence-corrected chi connectivity index (χ1v) is 6.13. The molecule has 0 aliphatic heterocycles. The van der Waals surface area contributed by atoms with E-state index in [1.54, 1.807) is 24.3 Å². The summed E-state index contributed by atoms with van der Waals surface area (Å²) in [5.41, 5.74) is 0.471. The Morgan fingerprint density at radius 1 is 1.40 bits per heavy atom. The van der Waals surface area contributed by atoms with E-state index < -0.39 is 0 Å². The molecule has 2 N–H and O–H groups in total. The molecule has 106 valence electrons. The monoisotopic (exact) mass is 276 g/mol. The van der Waals surface area contributed by atoms with E-state index in [-0.39, 0.29) is 24.0 Å². The largest absolute Gasteiger partial charge is 0.491 e. The van der Waals surface area contributed by atoms with Gasteiger partial charge in [-0.3, -0.25) is 10.1 Å². The van der Waals surface area contributed by atoms with Crippen molar-refractivity contribution in [3.8, 4) is 11.8 Å². The van der Waals surface area contributed by atoms with E-state index in [1.165, 1.54) is 7.11 Å². The number of benzene rings is 1. The van der Waals surface area contributed by atoms with Crippen LogP contribution in [0.5, 0.6) is 11.8 Å². The summed E-state index contributed by atoms with van der Waals surface area (Å²) in [6, 6.07) is 7.08. The number of hydrogen-bond donors (Lipinski definition) is 2. The summed E-state index contributed by atoms with van der Waals surface area (Å²) in [6.45, 7) is 3.85. The van der Waals surface area contributed by atoms with Crippen LogP contribution in [0.3, 0.4) is 0 Å². The molecule has 0 aliphatic carbocycles. The van der Waals surface area contributed by atoms with Gasteiger partial charge in [0.25, 0.3) is 5.91 Å². The molecular formula is C13H16N4O3. The van der Waals surface area contributed by atoms with Gasteiger partial charge in [0.15, 0.2) is 0 Å². The van der Waals surface area contributed by atoms with Crippen molar-refractivity contribution >= 4 is 11.9 Å². The highest BCUT2D eigenvalue weighted by Crippen LogP contribution is 2.16. The number of hydrogen-bond acceptors (Lipinski definition) is 5. The Labute approximate surface area is 116 Å². The molecule has 0 spiro atoms. The lowest BCUT2D eigenvalue weighted by Crippen LogP contribution is -2.13. The van der Waals surface area contributed by atoms with Crippen LogP contribution in [-0.4, -0.2) is 34.3 Å². The third kappa shape index (κ3) is 3.47. The summed E-state index contributed by atoms with van der Waals surface area (Å²) in [7, 11) is 1.45. The van der Waals surface area contributed by atoms with E-state index in [0.29, 0.717) is 11.3 Å². The Kier molecular flexibility index (Phi) is 4.19. The molecule has 1 heterocycles. The van der Waals surface area contributed by atoms with Crippen LogP contribution < -0.4 is 14.8 Å². The first-order chi connectivity index (χ1) is 9.58. The predicted molar refractivity (Wildman–Crippen MR) is 73.1 cm³/mol. The Morgan fingerprint density at radius 2 is 2.20 bits per heavy atom. The van der Waals surface area contributed by atoms with Gasteiger partial charge in [0.1, 0.15) is 5.75 Å². The molecule has 0 atom stereocenters. The van der Waals surface area contributed by atoms with Gasteiger partial charge in [0, 0.05) is 5.56 Å². The molecule has 0 unspecified atom stereocenters. The zero-order valence-corrected chi connectivity index (χ0v) is 11.5. The molecule has 2 rings (SSSR count). The fourth-order valence-corrected chi connectivity index (χ4v) is 1.56. The molecule has 1 aromatic carbocycles. The van der Waals surface area contributed by atoms with E-state index in [9.17, 15) is 4.79 Å². The number of anilines is 1. The maximum Gasteiger partial charge on any atom is 0.336 e. The number of carbonyl (C=O) groups excluding carboxylic acids is 1. The van der Waals surface area contributed by atoms with Crippen molar-refractivity contribution in [2.75, 3.05) is 12.4 Å². The summed E-state index contributed by atoms with van der Waals surface area (Å²) >= 11 is 0. The normalized spacial score (nSPS) is 10.4. The molecule has 0 bridgehead atoms. The van der Waals surface area contributed by atoms with Crippen molar-refractivity contribution in [2.24, 2.45) is 0 Å². The van der Waals surface area contributed by atoms with E-state index in [4.69, 9.17) is 9.47 Å². The van der Waals surface area contributed by atoms with Gasteiger partial charge in [-0.1, -0.05) is 6.07 Å². The van der Waals surface area contributed by atoms with Crippen molar-refractivity contribution in [1.29, 1.82) is 0 Å². The summed E-state index contributed by atoms with van der Waals surface area (Å²) in [4.78, 5) is 16.0. The number of ether oxygens (including phenoxy) is 2. The first-order valence-electron chi connectivity index (χ1n) is 6.13. The standard InChI is InChI=1S/C13H16N4O3/c1-8(2)20-10-6-4-5-9(7-10)11(18)14-12-15-13(19-3)17-16-12/h4-8H,1-3H3,(H2,14,15,16,17,18). The van der Waals surface area contributed by atoms with Crippen LogP contribution in [0.1, 0.15) is 24.2 Å². The maximum absolute atomic E-state index is 12.1. The number of nitrogens with zero attached hydrogens (tertiary/aromatic N) is 2. The van der Waals surface area contributed by atoms with Crippen molar-refractivity contribution in [2.45, 2.75) is 20.0 Å². The topological polar surface area (TPSA) is 89.1 Å². The SMILES string of the molecule is COc1n[nH]c(NC(=O)c2cccc(OC(C)C)c2)n1. The van der Waals surface area contributed by atoms with E-state index in [0.717, 1.165) is 0 Å². The lowest BCUT2D eigenvalue weighted by atomic mass is 10.2. The van der Waals surface area contributed by atoms with Gasteiger partial charge < -0.3 is 9.47 Å². The Balaban J connectivity index is 2.08. The van der Waals surface area contributed by atoms with Crippen molar-refractivity contribution in [3.63, 3.8) is 0 Å². The molecule has 0 saturated carbocycles. The third-order valence-corrected chi connectivity index (χ3v) is 2.35. The van der Waals surface area contributed by atoms with Crippen LogP contribution in [0.4, 0.5) is 5.95 Å². The summed E-state index contributed by atoms with van der Waals surface area (Å²) in [5.74, 6) is 0.558. The highest BCUT2D eigenvalue weighted by Gasteiger charge is 2.10. The number of aromatic nitrogens is 3. The summed E-state index contributed by atoms with van der Waals surface area (Å²) in [6.07, 6.45) is 0.0480. The first kappa shape index (κ1) is 13.9. The lowest BCUT2D eigenvalue weighted by Gasteiger charge is -2.10. The van der Waals surface area contributed by atoms with Gasteiger partial charge in [0.05, 0.1) is 13.2 Å². The fourth-order valence-electron chi connectivity index (χ4n) is 1.56. The number of H-pyrrole nitrogens is 1. The Morgan fingerprint density at radius 3 is 2.85 bits per heavy atom. The molecule has 1 aromatic heterocycles. The van der Waals surface area contributed by atoms with Gasteiger partial charge in [-0.25, -0.2) is 5.10 Å². The van der Waals surface area contributed by atoms with Gasteiger partial charge >= 0.3 is 6.01 Å². The smallest absolute Gasteiger partial charge is 0.336 e. The predicted octanol–water partition coefficient (Wildman–Crippen LogP) is 1.85. The van der Waals surface area contributed by atoms with Crippen molar-refractivity contribution < 1.29 is 14.3 Å². The second-order valence-corrected chi connectivity index (χ2v) is 4.32. The van der Waals surface area contributed by atoms with Gasteiger partial charge in [-0.05, 0) is 32.0 Å². The van der Waals surface area contributed by atoms with Crippen LogP contribution in [-0.2, 0) is 0 Å². The molecule has 20 heavy (non-hydrogen) atoms. The van der Waals surface area contributed by atoms with E-state index in [1.807, 2.05) is 13.8 Å². The van der Waals surface area contributed by atoms with Crippen LogP contribution in [0, 0.1) is 0 Å². The minimum Gasteiger partial charge on any atom is -0.491 e. The highest BCUT2D eigenvalue weighted by molar-refractivity contribution is 6.03. The fraction of sp³-hybridized carbons (Fsp3) is 0.308. The molecule has 7 heteroatoms. The quantitative estimate of drug-likeness (QED) is 0.870. The Hall–Kier alpha value is -2.57. The van der Waals surface area contributed by atoms with Crippen molar-refractivity contribution in [1.82, 2.24) is 15.2 Å². The molecule has 7 nitrogen and oxygen atoms in total. The molecule has 0 radical (unpaired) electrons. The average molecular weight is 276 g/mol. The third-order valence-electron chi connectivity index (χ3n) is 2.35. The van der Waals surface area contributed by atoms with Gasteiger partial charge in [0.2, 0.25) is 5.95 Å². The molecule has 0 saturated heterocycles. The van der Waals surface area contributed by atoms with E-state index >= 15 is 0 Å². The summed E-state index contributed by atoms with van der Waals surface area (Å²) < 4.78 is 10.4. The van der Waals surface area contributed by atoms with Crippen LogP contribution in [0.15, 0.2) is 24.3 Å². The Bertz CT molecular complexity index is 595. The average Bonchev–Trinajstić information content (AvgIpc) is 2.86. The second-order valence-electron chi connectivity index (χ2n) is 4.32. The molecular weight excluding hydrogens is 260 g/mol. The van der Waals surface area contributed by atoms with Gasteiger partial charge in [-0.2, -0.15) is 4.98 Å². The number of rotatable bonds is 5. The highest BCUT2D eigenvalue weighted by atomic mass is 16.5. The number of nitrogens with one attached hydrogen (secondary N) is 2. The second kappa shape index (κ2) is 6.05. The van der Waals surface area contributed by atoms with E-state index in [2.05, 4.69) is 20.5 Å². The number of methoxy groups -OCH3 is 1. The van der Waals surface area contributed by atoms with Crippen molar-refractivity contribution in [3.05, 3.63) is 29.8 Å². The molecule has 2 aromatic rings. The maximum atomic E-state index is 12.1. The number of amides is 1. The minimum absolute atomic E-state index is 0.0480. The van der Waals surface area contributed by atoms with Gasteiger partial charge in [-0.15, -0.1) is 5.10 Å². The molecule has 0 aliphatic rings. The number of aromatic amines is 1. The van der Waals surface area contributed by atoms with Crippen LogP contribution in [0.25, 0.3) is 0 Å². The van der Waals surface area contributed by atoms with Crippen LogP contribution >= 0.6 is 0 Å². The lowest BCUT2D eigenvalue weighted by molar-refractivity contribution is 0.102. The zero-order valence-electron chi connectivity index (χ0n) is 11.5. The van der Waals surface area contributed by atoms with Crippen LogP contribution in [0.2, 0.25) is 0 Å². The number of carbonyl (C=O) groups is 1.